The van der Waals surface area contributed by atoms with E-state index in [2.05, 4.69) is 18.8 Å². The molecule has 1 amide bonds. The van der Waals surface area contributed by atoms with Crippen molar-refractivity contribution in [3.63, 3.8) is 0 Å². The maximum absolute atomic E-state index is 12.4. The van der Waals surface area contributed by atoms with Crippen molar-refractivity contribution in [3.05, 3.63) is 27.2 Å². The molecule has 0 saturated carbocycles. The molecule has 0 aromatic carbocycles. The first-order chi connectivity index (χ1) is 13.2. The van der Waals surface area contributed by atoms with Gasteiger partial charge in [0.15, 0.2) is 17.8 Å². The molecule has 28 heavy (non-hydrogen) atoms. The molecule has 2 aromatic heterocycles. The fraction of sp³-hybridized carbons (Fsp3) is 0.611. The molecular weight excluding hydrogens is 366 g/mol. The summed E-state index contributed by atoms with van der Waals surface area (Å²) in [6.07, 6.45) is 2.39. The molecule has 1 aliphatic heterocycles. The van der Waals surface area contributed by atoms with Crippen LogP contribution < -0.4 is 11.2 Å². The van der Waals surface area contributed by atoms with Gasteiger partial charge >= 0.3 is 11.7 Å². The Labute approximate surface area is 161 Å². The Morgan fingerprint density at radius 2 is 1.79 bits per heavy atom. The van der Waals surface area contributed by atoms with Gasteiger partial charge in [0.2, 0.25) is 0 Å². The number of rotatable bonds is 4. The van der Waals surface area contributed by atoms with Gasteiger partial charge in [-0.15, -0.1) is 0 Å². The molecule has 2 atom stereocenters. The number of ether oxygens (including phenoxy) is 1. The topological polar surface area (TPSA) is 108 Å². The lowest BCUT2D eigenvalue weighted by Crippen LogP contribution is -2.44. The largest absolute Gasteiger partial charge is 0.454 e. The highest BCUT2D eigenvalue weighted by Gasteiger charge is 2.26. The first kappa shape index (κ1) is 19.8. The van der Waals surface area contributed by atoms with Crippen LogP contribution in [0.25, 0.3) is 11.2 Å². The van der Waals surface area contributed by atoms with Gasteiger partial charge in [-0.2, -0.15) is 0 Å². The summed E-state index contributed by atoms with van der Waals surface area (Å²) in [4.78, 5) is 54.6. The van der Waals surface area contributed by atoms with Gasteiger partial charge in [0.1, 0.15) is 6.54 Å². The van der Waals surface area contributed by atoms with Gasteiger partial charge in [0.25, 0.3) is 11.5 Å². The highest BCUT2D eigenvalue weighted by Crippen LogP contribution is 2.20. The number of nitrogens with zero attached hydrogens (tertiary/aromatic N) is 5. The maximum atomic E-state index is 12.4. The minimum Gasteiger partial charge on any atom is -0.454 e. The predicted molar refractivity (Wildman–Crippen MR) is 101 cm³/mol. The van der Waals surface area contributed by atoms with E-state index in [1.165, 1.54) is 29.6 Å². The molecule has 1 saturated heterocycles. The van der Waals surface area contributed by atoms with Gasteiger partial charge < -0.3 is 14.2 Å². The van der Waals surface area contributed by atoms with E-state index >= 15 is 0 Å². The summed E-state index contributed by atoms with van der Waals surface area (Å²) in [6.45, 7) is 4.92. The van der Waals surface area contributed by atoms with Crippen LogP contribution in [0.4, 0.5) is 0 Å². The van der Waals surface area contributed by atoms with Gasteiger partial charge in [-0.1, -0.05) is 13.8 Å². The molecule has 3 heterocycles. The van der Waals surface area contributed by atoms with Crippen LogP contribution in [0, 0.1) is 11.8 Å². The number of amides is 1. The first-order valence-corrected chi connectivity index (χ1v) is 9.23. The summed E-state index contributed by atoms with van der Waals surface area (Å²) in [5.74, 6) is -0.0330. The van der Waals surface area contributed by atoms with Gasteiger partial charge in [0, 0.05) is 27.2 Å². The molecule has 0 aliphatic carbocycles. The molecule has 0 bridgehead atoms. The lowest BCUT2D eigenvalue weighted by Gasteiger charge is -2.34. The third-order valence-electron chi connectivity index (χ3n) is 5.09. The van der Waals surface area contributed by atoms with Crippen molar-refractivity contribution >= 4 is 23.0 Å². The smallest absolute Gasteiger partial charge is 0.332 e. The molecule has 10 heteroatoms. The van der Waals surface area contributed by atoms with Crippen LogP contribution in [0.3, 0.4) is 0 Å². The Balaban J connectivity index is 1.68. The SMILES string of the molecule is C[C@H]1C[C@H](C)CN(C(=O)COC(=O)Cn2cnc3c2c(=O)n(C)c(=O)n3C)C1. The number of hydrogen-bond donors (Lipinski definition) is 0. The van der Waals surface area contributed by atoms with Crippen LogP contribution in [0.5, 0.6) is 0 Å². The van der Waals surface area contributed by atoms with E-state index in [9.17, 15) is 19.2 Å². The molecular formula is C18H25N5O5. The van der Waals surface area contributed by atoms with Crippen LogP contribution in [0.1, 0.15) is 20.3 Å². The van der Waals surface area contributed by atoms with Crippen molar-refractivity contribution in [3.8, 4) is 0 Å². The number of hydrogen-bond acceptors (Lipinski definition) is 6. The fourth-order valence-electron chi connectivity index (χ4n) is 3.80. The average molecular weight is 391 g/mol. The third kappa shape index (κ3) is 3.71. The molecule has 0 N–H and O–H groups in total. The van der Waals surface area contributed by atoms with Gasteiger partial charge in [-0.05, 0) is 18.3 Å². The van der Waals surface area contributed by atoms with Crippen LogP contribution in [0.2, 0.25) is 0 Å². The molecule has 1 aliphatic rings. The zero-order valence-electron chi connectivity index (χ0n) is 16.5. The number of carbonyl (C=O) groups is 2. The van der Waals surface area contributed by atoms with E-state index in [0.717, 1.165) is 11.0 Å². The molecule has 3 rings (SSSR count). The Hall–Kier alpha value is -2.91. The van der Waals surface area contributed by atoms with E-state index in [-0.39, 0.29) is 30.2 Å². The maximum Gasteiger partial charge on any atom is 0.332 e. The van der Waals surface area contributed by atoms with Gasteiger partial charge in [0.05, 0.1) is 6.33 Å². The van der Waals surface area contributed by atoms with Crippen LogP contribution in [-0.2, 0) is 35.0 Å². The number of imidazole rings is 1. The minimum absolute atomic E-state index is 0.131. The molecule has 10 nitrogen and oxygen atoms in total. The van der Waals surface area contributed by atoms with Crippen molar-refractivity contribution in [1.82, 2.24) is 23.6 Å². The molecule has 0 spiro atoms. The summed E-state index contributed by atoms with van der Waals surface area (Å²) in [7, 11) is 2.86. The van der Waals surface area contributed by atoms with E-state index in [4.69, 9.17) is 4.74 Å². The summed E-state index contributed by atoms with van der Waals surface area (Å²) >= 11 is 0. The van der Waals surface area contributed by atoms with E-state index < -0.39 is 17.2 Å². The van der Waals surface area contributed by atoms with Crippen LogP contribution in [-0.4, -0.2) is 55.2 Å². The second-order valence-corrected chi connectivity index (χ2v) is 7.66. The lowest BCUT2D eigenvalue weighted by molar-refractivity contribution is -0.153. The number of aryl methyl sites for hydroxylation is 1. The summed E-state index contributed by atoms with van der Waals surface area (Å²) in [5, 5.41) is 0. The standard InChI is InChI=1S/C18H25N5O5/c1-11-5-12(2)7-22(6-11)13(24)9-28-14(25)8-23-10-19-16-15(23)17(26)21(4)18(27)20(16)3/h10-12H,5-9H2,1-4H3/t11-,12-/m0/s1. The molecule has 152 valence electrons. The number of carbonyl (C=O) groups excluding carboxylic acids is 2. The quantitative estimate of drug-likeness (QED) is 0.649. The summed E-state index contributed by atoms with van der Waals surface area (Å²) in [6, 6.07) is 0. The number of fused-ring (bicyclic) bond motifs is 1. The Morgan fingerprint density at radius 1 is 1.14 bits per heavy atom. The highest BCUT2D eigenvalue weighted by molar-refractivity contribution is 5.81. The Morgan fingerprint density at radius 3 is 2.43 bits per heavy atom. The molecule has 0 unspecified atom stereocenters. The van der Waals surface area contributed by atoms with Crippen LogP contribution >= 0.6 is 0 Å². The molecule has 1 fully saturated rings. The normalized spacial score (nSPS) is 19.8. The fourth-order valence-corrected chi connectivity index (χ4v) is 3.80. The first-order valence-electron chi connectivity index (χ1n) is 9.23. The summed E-state index contributed by atoms with van der Waals surface area (Å²) in [5.41, 5.74) is -0.725. The Bertz CT molecular complexity index is 1020. The average Bonchev–Trinajstić information content (AvgIpc) is 3.05. The van der Waals surface area contributed by atoms with Crippen molar-refractivity contribution in [2.45, 2.75) is 26.8 Å². The Kier molecular flexibility index (Phi) is 5.39. The second-order valence-electron chi connectivity index (χ2n) is 7.66. The predicted octanol–water partition coefficient (Wildman–Crippen LogP) is -0.519. The van der Waals surface area contributed by atoms with E-state index in [1.54, 1.807) is 4.90 Å². The number of likely N-dealkylation sites (tertiary alicyclic amines) is 1. The zero-order chi connectivity index (χ0) is 20.6. The zero-order valence-corrected chi connectivity index (χ0v) is 16.5. The molecule has 2 aromatic rings. The van der Waals surface area contributed by atoms with Crippen molar-refractivity contribution in [1.29, 1.82) is 0 Å². The number of aromatic nitrogens is 4. The minimum atomic E-state index is -0.651. The van der Waals surface area contributed by atoms with E-state index in [1.807, 2.05) is 0 Å². The second kappa shape index (κ2) is 7.61. The monoisotopic (exact) mass is 391 g/mol. The molecule has 0 radical (unpaired) electrons. The van der Waals surface area contributed by atoms with Crippen molar-refractivity contribution < 1.29 is 14.3 Å². The van der Waals surface area contributed by atoms with Crippen molar-refractivity contribution in [2.24, 2.45) is 25.9 Å². The van der Waals surface area contributed by atoms with E-state index in [0.29, 0.717) is 24.9 Å². The number of piperidine rings is 1. The third-order valence-corrected chi connectivity index (χ3v) is 5.09. The number of esters is 1. The lowest BCUT2D eigenvalue weighted by atomic mass is 9.92. The highest BCUT2D eigenvalue weighted by atomic mass is 16.5. The van der Waals surface area contributed by atoms with Gasteiger partial charge in [-0.25, -0.2) is 9.78 Å². The van der Waals surface area contributed by atoms with Crippen LogP contribution in [0.15, 0.2) is 15.9 Å². The van der Waals surface area contributed by atoms with Crippen molar-refractivity contribution in [2.75, 3.05) is 19.7 Å². The van der Waals surface area contributed by atoms with Gasteiger partial charge in [-0.3, -0.25) is 23.5 Å². The summed E-state index contributed by atoms with van der Waals surface area (Å²) < 4.78 is 8.64.